The Kier molecular flexibility index (Phi) is 6.38. The monoisotopic (exact) mass is 261 g/mol. The first-order chi connectivity index (χ1) is 7.58. The topological polar surface area (TPSA) is 81.8 Å². The number of halogens is 1. The first-order valence-corrected chi connectivity index (χ1v) is 4.77. The molecule has 0 aromatic heterocycles. The van der Waals surface area contributed by atoms with E-state index in [0.717, 1.165) is 0 Å². The van der Waals surface area contributed by atoms with Crippen LogP contribution in [0.25, 0.3) is 0 Å². The number of phenols is 1. The molecule has 1 aromatic carbocycles. The van der Waals surface area contributed by atoms with Gasteiger partial charge in [-0.2, -0.15) is 0 Å². The molecule has 1 aromatic rings. The zero-order chi connectivity index (χ0) is 12.1. The molecule has 17 heavy (non-hydrogen) atoms. The molecule has 3 N–H and O–H groups in total. The van der Waals surface area contributed by atoms with Crippen LogP contribution in [-0.4, -0.2) is 25.3 Å². The largest absolute Gasteiger partial charge is 0.507 e. The fraction of sp³-hybridized carbons (Fsp3) is 0.364. The predicted octanol–water partition coefficient (Wildman–Crippen LogP) is 1.39. The van der Waals surface area contributed by atoms with E-state index in [1.54, 1.807) is 12.1 Å². The van der Waals surface area contributed by atoms with Gasteiger partial charge in [0, 0.05) is 17.7 Å². The molecule has 0 saturated heterocycles. The van der Waals surface area contributed by atoms with Gasteiger partial charge >= 0.3 is 5.97 Å². The van der Waals surface area contributed by atoms with Gasteiger partial charge in [0.15, 0.2) is 0 Å². The molecule has 96 valence electrons. The van der Waals surface area contributed by atoms with Crippen LogP contribution in [0.15, 0.2) is 18.2 Å². The van der Waals surface area contributed by atoms with Gasteiger partial charge in [-0.05, 0) is 6.07 Å². The number of benzene rings is 1. The van der Waals surface area contributed by atoms with E-state index >= 15 is 0 Å². The number of phenolic OH excluding ortho intramolecular Hbond substituents is 1. The Hall–Kier alpha value is -1.46. The van der Waals surface area contributed by atoms with Crippen molar-refractivity contribution in [2.24, 2.45) is 5.73 Å². The van der Waals surface area contributed by atoms with E-state index in [9.17, 15) is 9.90 Å². The maximum Gasteiger partial charge on any atom is 0.307 e. The van der Waals surface area contributed by atoms with E-state index in [1.807, 2.05) is 0 Å². The number of ether oxygens (including phenoxy) is 2. The minimum Gasteiger partial charge on any atom is -0.507 e. The Morgan fingerprint density at radius 2 is 2.12 bits per heavy atom. The zero-order valence-corrected chi connectivity index (χ0v) is 10.5. The second-order valence-electron chi connectivity index (χ2n) is 3.31. The normalized spacial score (nSPS) is 11.2. The second-order valence-corrected chi connectivity index (χ2v) is 3.31. The summed E-state index contributed by atoms with van der Waals surface area (Å²) >= 11 is 0. The average Bonchev–Trinajstić information content (AvgIpc) is 2.28. The second kappa shape index (κ2) is 6.98. The minimum absolute atomic E-state index is 0. The third-order valence-corrected chi connectivity index (χ3v) is 2.25. The number of carbonyl (C=O) groups is 1. The van der Waals surface area contributed by atoms with Crippen LogP contribution in [0, 0.1) is 0 Å². The van der Waals surface area contributed by atoms with E-state index in [4.69, 9.17) is 10.5 Å². The summed E-state index contributed by atoms with van der Waals surface area (Å²) in [6.45, 7) is 0. The number of aromatic hydroxyl groups is 1. The fourth-order valence-electron chi connectivity index (χ4n) is 1.34. The molecule has 1 rings (SSSR count). The van der Waals surface area contributed by atoms with Gasteiger partial charge in [0.2, 0.25) is 0 Å². The van der Waals surface area contributed by atoms with Crippen LogP contribution in [-0.2, 0) is 9.53 Å². The number of carbonyl (C=O) groups excluding carboxylic acids is 1. The highest BCUT2D eigenvalue weighted by Gasteiger charge is 2.15. The predicted molar refractivity (Wildman–Crippen MR) is 65.5 cm³/mol. The molecule has 0 bridgehead atoms. The molecular weight excluding hydrogens is 246 g/mol. The molecule has 0 aliphatic carbocycles. The summed E-state index contributed by atoms with van der Waals surface area (Å²) in [7, 11) is 2.80. The Morgan fingerprint density at radius 1 is 1.47 bits per heavy atom. The Balaban J connectivity index is 0.00000256. The van der Waals surface area contributed by atoms with Crippen molar-refractivity contribution in [2.45, 2.75) is 12.5 Å². The van der Waals surface area contributed by atoms with Crippen LogP contribution >= 0.6 is 12.4 Å². The lowest BCUT2D eigenvalue weighted by molar-refractivity contribution is -0.141. The van der Waals surface area contributed by atoms with Crippen molar-refractivity contribution < 1.29 is 19.4 Å². The Bertz CT molecular complexity index is 384. The molecule has 1 atom stereocenters. The van der Waals surface area contributed by atoms with Crippen molar-refractivity contribution in [1.29, 1.82) is 0 Å². The summed E-state index contributed by atoms with van der Waals surface area (Å²) in [4.78, 5) is 11.0. The van der Waals surface area contributed by atoms with Gasteiger partial charge in [-0.25, -0.2) is 0 Å². The van der Waals surface area contributed by atoms with E-state index in [1.165, 1.54) is 20.3 Å². The van der Waals surface area contributed by atoms with Gasteiger partial charge in [0.1, 0.15) is 11.5 Å². The van der Waals surface area contributed by atoms with Crippen LogP contribution in [0.5, 0.6) is 11.5 Å². The standard InChI is InChI=1S/C11H15NO4.ClH/c1-15-7-3-4-8(10(13)5-7)9(12)6-11(14)16-2;/h3-5,9,13H,6,12H2,1-2H3;1H/t9-;/m1./s1. The first kappa shape index (κ1) is 15.5. The molecular formula is C11H16ClNO4. The quantitative estimate of drug-likeness (QED) is 0.801. The molecule has 0 fully saturated rings. The van der Waals surface area contributed by atoms with Crippen molar-refractivity contribution >= 4 is 18.4 Å². The van der Waals surface area contributed by atoms with Crippen LogP contribution in [0.2, 0.25) is 0 Å². The highest BCUT2D eigenvalue weighted by molar-refractivity contribution is 5.85. The molecule has 0 heterocycles. The van der Waals surface area contributed by atoms with Crippen LogP contribution in [0.4, 0.5) is 0 Å². The van der Waals surface area contributed by atoms with Crippen molar-refractivity contribution in [3.8, 4) is 11.5 Å². The van der Waals surface area contributed by atoms with Crippen molar-refractivity contribution in [1.82, 2.24) is 0 Å². The summed E-state index contributed by atoms with van der Waals surface area (Å²) in [6, 6.07) is 4.17. The molecule has 0 amide bonds. The van der Waals surface area contributed by atoms with Gasteiger partial charge in [0.05, 0.1) is 20.6 Å². The highest BCUT2D eigenvalue weighted by atomic mass is 35.5. The van der Waals surface area contributed by atoms with Crippen molar-refractivity contribution in [2.75, 3.05) is 14.2 Å². The van der Waals surface area contributed by atoms with Gasteiger partial charge in [0.25, 0.3) is 0 Å². The van der Waals surface area contributed by atoms with E-state index in [-0.39, 0.29) is 24.6 Å². The van der Waals surface area contributed by atoms with Gasteiger partial charge in [-0.1, -0.05) is 6.07 Å². The fourth-order valence-corrected chi connectivity index (χ4v) is 1.34. The van der Waals surface area contributed by atoms with Crippen LogP contribution in [0.3, 0.4) is 0 Å². The lowest BCUT2D eigenvalue weighted by Gasteiger charge is -2.13. The lowest BCUT2D eigenvalue weighted by atomic mass is 10.0. The molecule has 0 radical (unpaired) electrons. The molecule has 0 aliphatic rings. The number of rotatable bonds is 4. The maximum atomic E-state index is 11.0. The molecule has 5 nitrogen and oxygen atoms in total. The van der Waals surface area contributed by atoms with Crippen LogP contribution in [0.1, 0.15) is 18.0 Å². The van der Waals surface area contributed by atoms with Gasteiger partial charge < -0.3 is 20.3 Å². The van der Waals surface area contributed by atoms with Crippen molar-refractivity contribution in [3.05, 3.63) is 23.8 Å². The summed E-state index contributed by atoms with van der Waals surface area (Å²) in [6.07, 6.45) is 0.0242. The number of esters is 1. The smallest absolute Gasteiger partial charge is 0.307 e. The SMILES string of the molecule is COC(=O)C[C@@H](N)c1ccc(OC)cc1O.Cl. The zero-order valence-electron chi connectivity index (χ0n) is 9.67. The first-order valence-electron chi connectivity index (χ1n) is 4.77. The highest BCUT2D eigenvalue weighted by Crippen LogP contribution is 2.28. The van der Waals surface area contributed by atoms with E-state index < -0.39 is 12.0 Å². The van der Waals surface area contributed by atoms with Gasteiger partial charge in [-0.15, -0.1) is 12.4 Å². The summed E-state index contributed by atoms with van der Waals surface area (Å²) in [5.41, 5.74) is 6.25. The molecule has 6 heteroatoms. The van der Waals surface area contributed by atoms with Crippen molar-refractivity contribution in [3.63, 3.8) is 0 Å². The third kappa shape index (κ3) is 4.13. The lowest BCUT2D eigenvalue weighted by Crippen LogP contribution is -2.16. The number of methoxy groups -OCH3 is 2. The number of hydrogen-bond donors (Lipinski definition) is 2. The maximum absolute atomic E-state index is 11.0. The average molecular weight is 262 g/mol. The van der Waals surface area contributed by atoms with Gasteiger partial charge in [-0.3, -0.25) is 4.79 Å². The molecule has 0 aliphatic heterocycles. The summed E-state index contributed by atoms with van der Waals surface area (Å²) in [5, 5.41) is 9.67. The summed E-state index contributed by atoms with van der Waals surface area (Å²) < 4.78 is 9.44. The Morgan fingerprint density at radius 3 is 2.59 bits per heavy atom. The van der Waals surface area contributed by atoms with Crippen LogP contribution < -0.4 is 10.5 Å². The molecule has 0 spiro atoms. The third-order valence-electron chi connectivity index (χ3n) is 2.25. The minimum atomic E-state index is -0.585. The van der Waals surface area contributed by atoms with E-state index in [2.05, 4.69) is 4.74 Å². The Labute approximate surface area is 106 Å². The number of nitrogens with two attached hydrogens (primary N) is 1. The van der Waals surface area contributed by atoms with E-state index in [0.29, 0.717) is 11.3 Å². The molecule has 0 unspecified atom stereocenters. The molecule has 0 saturated carbocycles. The number of hydrogen-bond acceptors (Lipinski definition) is 5. The summed E-state index contributed by atoms with van der Waals surface area (Å²) in [5.74, 6) is 0.130.